The first-order chi connectivity index (χ1) is 13.9. The van der Waals surface area contributed by atoms with E-state index in [1.807, 2.05) is 0 Å². The Hall–Kier alpha value is -1.82. The van der Waals surface area contributed by atoms with Crippen molar-refractivity contribution in [1.82, 2.24) is 5.32 Å². The molecule has 6 heteroatoms. The molecule has 1 unspecified atom stereocenters. The molecule has 2 fully saturated rings. The number of nitrogens with one attached hydrogen (secondary N) is 1. The lowest BCUT2D eigenvalue weighted by Gasteiger charge is -2.17. The summed E-state index contributed by atoms with van der Waals surface area (Å²) in [5.74, 6) is 1.09. The summed E-state index contributed by atoms with van der Waals surface area (Å²) >= 11 is 0. The van der Waals surface area contributed by atoms with E-state index in [0.717, 1.165) is 38.6 Å². The van der Waals surface area contributed by atoms with Gasteiger partial charge >= 0.3 is 6.18 Å². The molecule has 3 rings (SSSR count). The number of hydrogen-bond acceptors (Lipinski definition) is 3. The molecular weight excluding hydrogens is 377 g/mol. The summed E-state index contributed by atoms with van der Waals surface area (Å²) in [6.07, 6.45) is 5.32. The lowest BCUT2D eigenvalue weighted by Crippen LogP contribution is -2.32. The number of halogens is 3. The van der Waals surface area contributed by atoms with Crippen LogP contribution in [0.15, 0.2) is 29.3 Å². The van der Waals surface area contributed by atoms with Crippen LogP contribution in [0, 0.1) is 5.92 Å². The van der Waals surface area contributed by atoms with Gasteiger partial charge < -0.3 is 10.1 Å². The number of nitrogens with zero attached hydrogens (tertiary/aromatic N) is 1. The molecule has 29 heavy (non-hydrogen) atoms. The fraction of sp³-hybridized carbons (Fsp3) is 0.609. The third-order valence-electron chi connectivity index (χ3n) is 6.08. The number of methoxy groups -OCH3 is 1. The van der Waals surface area contributed by atoms with E-state index < -0.39 is 11.7 Å². The van der Waals surface area contributed by atoms with Crippen molar-refractivity contribution in [2.45, 2.75) is 70.5 Å². The molecule has 1 saturated carbocycles. The summed E-state index contributed by atoms with van der Waals surface area (Å²) in [7, 11) is 1.55. The van der Waals surface area contributed by atoms with Crippen LogP contribution in [0.4, 0.5) is 13.2 Å². The summed E-state index contributed by atoms with van der Waals surface area (Å²) in [6.45, 7) is 2.68. The van der Waals surface area contributed by atoms with Gasteiger partial charge in [-0.1, -0.05) is 43.9 Å². The Kier molecular flexibility index (Phi) is 7.38. The topological polar surface area (TPSA) is 33.6 Å². The zero-order valence-electron chi connectivity index (χ0n) is 17.3. The summed E-state index contributed by atoms with van der Waals surface area (Å²) in [5, 5.41) is 3.31. The normalized spacial score (nSPS) is 21.8. The Balaban J connectivity index is 1.85. The average Bonchev–Trinajstić information content (AvgIpc) is 3.41. The maximum atomic E-state index is 13.8. The molecule has 3 nitrogen and oxygen atoms in total. The average molecular weight is 409 g/mol. The van der Waals surface area contributed by atoms with Crippen molar-refractivity contribution in [2.24, 2.45) is 10.9 Å². The second-order valence-electron chi connectivity index (χ2n) is 8.04. The number of allylic oxidation sites excluding steroid dienone is 1. The maximum Gasteiger partial charge on any atom is 0.416 e. The van der Waals surface area contributed by atoms with Gasteiger partial charge in [-0.15, -0.1) is 0 Å². The first-order valence-electron chi connectivity index (χ1n) is 10.6. The van der Waals surface area contributed by atoms with Crippen molar-refractivity contribution in [3.05, 3.63) is 41.0 Å². The van der Waals surface area contributed by atoms with Gasteiger partial charge in [0.25, 0.3) is 0 Å². The Labute approximate surface area is 171 Å². The lowest BCUT2D eigenvalue weighted by molar-refractivity contribution is -0.138. The number of rotatable bonds is 6. The Morgan fingerprint density at radius 2 is 1.97 bits per heavy atom. The molecule has 1 atom stereocenters. The predicted molar refractivity (Wildman–Crippen MR) is 111 cm³/mol. The number of ether oxygens (including phenoxy) is 1. The van der Waals surface area contributed by atoms with E-state index in [0.29, 0.717) is 35.1 Å². The fourth-order valence-corrected chi connectivity index (χ4v) is 4.45. The van der Waals surface area contributed by atoms with E-state index in [2.05, 4.69) is 10.3 Å². The molecule has 0 bridgehead atoms. The van der Waals surface area contributed by atoms with Gasteiger partial charge in [0.2, 0.25) is 5.90 Å². The van der Waals surface area contributed by atoms with Crippen LogP contribution >= 0.6 is 0 Å². The minimum absolute atomic E-state index is 0.0164. The molecule has 0 radical (unpaired) electrons. The standard InChI is InChI=1S/C23H31F3N2O/c1-3-20(28-22(29-2)21-9-6-14-27-21)18-13-12-17(19(15-18)23(24,25)26)11-10-16-7-4-5-8-16/h3,12-13,15-16,21,27H,4-11,14H2,1-2H3/b20-3-,28-22?. The molecule has 1 heterocycles. The molecule has 1 aromatic rings. The molecular formula is C23H31F3N2O. The zero-order chi connectivity index (χ0) is 20.9. The first kappa shape index (κ1) is 21.9. The van der Waals surface area contributed by atoms with Crippen LogP contribution in [0.2, 0.25) is 0 Å². The monoisotopic (exact) mass is 408 g/mol. The van der Waals surface area contributed by atoms with Crippen molar-refractivity contribution in [3.63, 3.8) is 0 Å². The van der Waals surface area contributed by atoms with Crippen LogP contribution in [0.5, 0.6) is 0 Å². The van der Waals surface area contributed by atoms with Crippen LogP contribution < -0.4 is 5.32 Å². The van der Waals surface area contributed by atoms with Crippen molar-refractivity contribution in [3.8, 4) is 0 Å². The minimum Gasteiger partial charge on any atom is -0.483 e. The largest absolute Gasteiger partial charge is 0.483 e. The maximum absolute atomic E-state index is 13.8. The highest BCUT2D eigenvalue weighted by atomic mass is 19.4. The van der Waals surface area contributed by atoms with Gasteiger partial charge in [0, 0.05) is 5.56 Å². The molecule has 1 aromatic carbocycles. The highest BCUT2D eigenvalue weighted by Crippen LogP contribution is 2.36. The van der Waals surface area contributed by atoms with Crippen LogP contribution in [0.1, 0.15) is 68.6 Å². The summed E-state index contributed by atoms with van der Waals surface area (Å²) in [5.41, 5.74) is 0.817. The third kappa shape index (κ3) is 5.62. The van der Waals surface area contributed by atoms with Crippen LogP contribution in [-0.4, -0.2) is 25.6 Å². The van der Waals surface area contributed by atoms with E-state index in [1.165, 1.54) is 18.9 Å². The summed E-state index contributed by atoms with van der Waals surface area (Å²) in [6, 6.07) is 4.65. The Morgan fingerprint density at radius 1 is 1.21 bits per heavy atom. The van der Waals surface area contributed by atoms with E-state index in [-0.39, 0.29) is 6.04 Å². The van der Waals surface area contributed by atoms with Gasteiger partial charge in [-0.25, -0.2) is 4.99 Å². The second-order valence-corrected chi connectivity index (χ2v) is 8.04. The highest BCUT2D eigenvalue weighted by Gasteiger charge is 2.34. The molecule has 0 aromatic heterocycles. The van der Waals surface area contributed by atoms with E-state index in [1.54, 1.807) is 32.2 Å². The Morgan fingerprint density at radius 3 is 2.55 bits per heavy atom. The molecule has 160 valence electrons. The van der Waals surface area contributed by atoms with Crippen LogP contribution in [0.3, 0.4) is 0 Å². The molecule has 0 amide bonds. The summed E-state index contributed by atoms with van der Waals surface area (Å²) < 4.78 is 46.8. The van der Waals surface area contributed by atoms with Crippen molar-refractivity contribution in [1.29, 1.82) is 0 Å². The van der Waals surface area contributed by atoms with Crippen molar-refractivity contribution in [2.75, 3.05) is 13.7 Å². The van der Waals surface area contributed by atoms with Crippen molar-refractivity contribution < 1.29 is 17.9 Å². The molecule has 1 saturated heterocycles. The zero-order valence-corrected chi connectivity index (χ0v) is 17.3. The first-order valence-corrected chi connectivity index (χ1v) is 10.6. The predicted octanol–water partition coefficient (Wildman–Crippen LogP) is 5.99. The van der Waals surface area contributed by atoms with Gasteiger partial charge in [0.1, 0.15) is 0 Å². The van der Waals surface area contributed by atoms with E-state index >= 15 is 0 Å². The quantitative estimate of drug-likeness (QED) is 0.464. The van der Waals surface area contributed by atoms with Crippen LogP contribution in [0.25, 0.3) is 5.70 Å². The molecule has 1 aliphatic heterocycles. The van der Waals surface area contributed by atoms with E-state index in [4.69, 9.17) is 4.74 Å². The molecule has 0 spiro atoms. The molecule has 2 aliphatic rings. The van der Waals surface area contributed by atoms with Gasteiger partial charge in [0.05, 0.1) is 24.4 Å². The lowest BCUT2D eigenvalue weighted by atomic mass is 9.93. The smallest absolute Gasteiger partial charge is 0.416 e. The third-order valence-corrected chi connectivity index (χ3v) is 6.08. The highest BCUT2D eigenvalue weighted by molar-refractivity contribution is 5.88. The number of benzene rings is 1. The van der Waals surface area contributed by atoms with Gasteiger partial charge in [0.15, 0.2) is 0 Å². The minimum atomic E-state index is -4.37. The number of aliphatic imine (C=N–C) groups is 1. The fourth-order valence-electron chi connectivity index (χ4n) is 4.45. The van der Waals surface area contributed by atoms with Gasteiger partial charge in [-0.3, -0.25) is 0 Å². The molecule has 1 aliphatic carbocycles. The van der Waals surface area contributed by atoms with Crippen LogP contribution in [-0.2, 0) is 17.3 Å². The molecule has 1 N–H and O–H groups in total. The Bertz CT molecular complexity index is 743. The second kappa shape index (κ2) is 9.79. The number of hydrogen-bond donors (Lipinski definition) is 1. The van der Waals surface area contributed by atoms with E-state index in [9.17, 15) is 13.2 Å². The number of aryl methyl sites for hydroxylation is 1. The SMILES string of the molecule is C/C=C(\N=C(OC)C1CCCN1)c1ccc(CCC2CCCC2)c(C(F)(F)F)c1. The summed E-state index contributed by atoms with van der Waals surface area (Å²) in [4.78, 5) is 4.55. The van der Waals surface area contributed by atoms with Gasteiger partial charge in [-0.2, -0.15) is 13.2 Å². The number of alkyl halides is 3. The van der Waals surface area contributed by atoms with Crippen molar-refractivity contribution >= 4 is 11.6 Å². The van der Waals surface area contributed by atoms with Gasteiger partial charge in [-0.05, 0) is 56.7 Å².